The largest absolute Gasteiger partial charge is 0.350 e. The summed E-state index contributed by atoms with van der Waals surface area (Å²) in [6.07, 6.45) is 3.62. The molecule has 96 valence electrons. The van der Waals surface area contributed by atoms with Gasteiger partial charge >= 0.3 is 5.69 Å². The molecule has 0 unspecified atom stereocenters. The smallest absolute Gasteiger partial charge is 0.250 e. The van der Waals surface area contributed by atoms with Gasteiger partial charge in [0.2, 0.25) is 0 Å². The van der Waals surface area contributed by atoms with Crippen molar-refractivity contribution in [2.24, 2.45) is 0 Å². The lowest BCUT2D eigenvalue weighted by molar-refractivity contribution is 0.560. The molecule has 0 saturated carbocycles. The highest BCUT2D eigenvalue weighted by Crippen LogP contribution is 2.03. The van der Waals surface area contributed by atoms with Crippen LogP contribution in [0.2, 0.25) is 0 Å². The Hall–Kier alpha value is -2.36. The zero-order valence-electron chi connectivity index (χ0n) is 10.6. The first kappa shape index (κ1) is 11.7. The third-order valence-corrected chi connectivity index (χ3v) is 3.17. The lowest BCUT2D eigenvalue weighted by Crippen LogP contribution is -2.21. The number of rotatable bonds is 4. The Kier molecular flexibility index (Phi) is 3.14. The molecule has 4 heteroatoms. The van der Waals surface area contributed by atoms with Gasteiger partial charge in [-0.2, -0.15) is 0 Å². The minimum Gasteiger partial charge on any atom is -0.250 e. The van der Waals surface area contributed by atoms with Crippen LogP contribution in [0.4, 0.5) is 0 Å². The van der Waals surface area contributed by atoms with Gasteiger partial charge in [-0.25, -0.2) is 9.48 Å². The molecule has 0 atom stereocenters. The van der Waals surface area contributed by atoms with E-state index in [9.17, 15) is 4.79 Å². The van der Waals surface area contributed by atoms with Crippen LogP contribution in [-0.4, -0.2) is 14.2 Å². The minimum atomic E-state index is -0.0661. The second kappa shape index (κ2) is 5.10. The molecule has 0 amide bonds. The summed E-state index contributed by atoms with van der Waals surface area (Å²) in [5.74, 6) is 0. The van der Waals surface area contributed by atoms with Crippen molar-refractivity contribution in [2.75, 3.05) is 0 Å². The van der Waals surface area contributed by atoms with Gasteiger partial charge in [0.05, 0.1) is 0 Å². The highest BCUT2D eigenvalue weighted by atomic mass is 16.2. The molecule has 0 saturated heterocycles. The van der Waals surface area contributed by atoms with E-state index in [-0.39, 0.29) is 5.69 Å². The number of hydrogen-bond donors (Lipinski definition) is 0. The predicted molar refractivity (Wildman–Crippen MR) is 74.2 cm³/mol. The van der Waals surface area contributed by atoms with Crippen molar-refractivity contribution in [3.05, 3.63) is 70.8 Å². The maximum absolute atomic E-state index is 12.0. The van der Waals surface area contributed by atoms with Gasteiger partial charge in [0.1, 0.15) is 0 Å². The summed E-state index contributed by atoms with van der Waals surface area (Å²) in [5, 5.41) is 4.31. The van der Waals surface area contributed by atoms with Gasteiger partial charge in [0.15, 0.2) is 5.65 Å². The molecule has 4 nitrogen and oxygen atoms in total. The molecule has 1 aromatic carbocycles. The van der Waals surface area contributed by atoms with Crippen LogP contribution < -0.4 is 5.69 Å². The third kappa shape index (κ3) is 2.42. The summed E-state index contributed by atoms with van der Waals surface area (Å²) in [4.78, 5) is 12.0. The van der Waals surface area contributed by atoms with Gasteiger partial charge in [-0.1, -0.05) is 36.4 Å². The number of benzene rings is 1. The van der Waals surface area contributed by atoms with Crippen molar-refractivity contribution in [3.63, 3.8) is 0 Å². The average Bonchev–Trinajstić information content (AvgIpc) is 2.78. The van der Waals surface area contributed by atoms with Gasteiger partial charge < -0.3 is 0 Å². The first-order chi connectivity index (χ1) is 9.34. The van der Waals surface area contributed by atoms with Crippen LogP contribution in [0.25, 0.3) is 5.65 Å². The van der Waals surface area contributed by atoms with E-state index in [0.717, 1.165) is 12.8 Å². The molecule has 0 aliphatic heterocycles. The molecule has 2 heterocycles. The van der Waals surface area contributed by atoms with E-state index in [2.05, 4.69) is 17.2 Å². The second-order valence-corrected chi connectivity index (χ2v) is 4.52. The quantitative estimate of drug-likeness (QED) is 0.714. The molecule has 3 rings (SSSR count). The van der Waals surface area contributed by atoms with Crippen molar-refractivity contribution in [2.45, 2.75) is 19.4 Å². The number of nitrogens with zero attached hydrogens (tertiary/aromatic N) is 3. The minimum absolute atomic E-state index is 0.0661. The number of pyridine rings is 1. The number of aromatic nitrogens is 3. The van der Waals surface area contributed by atoms with Crippen LogP contribution in [0.15, 0.2) is 59.5 Å². The molecule has 0 aliphatic carbocycles. The summed E-state index contributed by atoms with van der Waals surface area (Å²) in [5.41, 5.74) is 1.93. The first-order valence-electron chi connectivity index (χ1n) is 6.43. The zero-order chi connectivity index (χ0) is 13.1. The van der Waals surface area contributed by atoms with Crippen LogP contribution in [-0.2, 0) is 13.0 Å². The van der Waals surface area contributed by atoms with Gasteiger partial charge in [0.25, 0.3) is 0 Å². The maximum atomic E-state index is 12.0. The maximum Gasteiger partial charge on any atom is 0.350 e. The average molecular weight is 253 g/mol. The molecule has 3 aromatic rings. The molecule has 0 fully saturated rings. The molecule has 19 heavy (non-hydrogen) atoms. The molecular formula is C15H15N3O. The van der Waals surface area contributed by atoms with Crippen molar-refractivity contribution in [3.8, 4) is 0 Å². The van der Waals surface area contributed by atoms with Crippen LogP contribution in [0.3, 0.4) is 0 Å². The highest BCUT2D eigenvalue weighted by molar-refractivity contribution is 5.35. The van der Waals surface area contributed by atoms with Gasteiger partial charge in [0, 0.05) is 12.7 Å². The van der Waals surface area contributed by atoms with Crippen molar-refractivity contribution in [1.82, 2.24) is 14.2 Å². The van der Waals surface area contributed by atoms with E-state index in [1.54, 1.807) is 10.6 Å². The van der Waals surface area contributed by atoms with E-state index >= 15 is 0 Å². The van der Waals surface area contributed by atoms with Gasteiger partial charge in [-0.05, 0) is 30.5 Å². The highest BCUT2D eigenvalue weighted by Gasteiger charge is 2.05. The Morgan fingerprint density at radius 1 is 1.00 bits per heavy atom. The van der Waals surface area contributed by atoms with E-state index in [4.69, 9.17) is 0 Å². The van der Waals surface area contributed by atoms with Gasteiger partial charge in [-0.15, -0.1) is 5.10 Å². The Morgan fingerprint density at radius 3 is 2.58 bits per heavy atom. The van der Waals surface area contributed by atoms with Crippen molar-refractivity contribution >= 4 is 5.65 Å². The van der Waals surface area contributed by atoms with Crippen molar-refractivity contribution < 1.29 is 0 Å². The lowest BCUT2D eigenvalue weighted by atomic mass is 10.1. The number of hydrogen-bond acceptors (Lipinski definition) is 2. The Bertz CT molecular complexity index is 728. The zero-order valence-corrected chi connectivity index (χ0v) is 10.6. The topological polar surface area (TPSA) is 39.3 Å². The third-order valence-electron chi connectivity index (χ3n) is 3.17. The summed E-state index contributed by atoms with van der Waals surface area (Å²) < 4.78 is 3.11. The van der Waals surface area contributed by atoms with E-state index in [1.165, 1.54) is 10.2 Å². The van der Waals surface area contributed by atoms with Crippen LogP contribution in [0.1, 0.15) is 12.0 Å². The number of fused-ring (bicyclic) bond motifs is 1. The summed E-state index contributed by atoms with van der Waals surface area (Å²) in [6.45, 7) is 0.648. The fraction of sp³-hybridized carbons (Fsp3) is 0.200. The summed E-state index contributed by atoms with van der Waals surface area (Å²) >= 11 is 0. The molecule has 0 bridgehead atoms. The Morgan fingerprint density at radius 2 is 1.79 bits per heavy atom. The Balaban J connectivity index is 1.72. The van der Waals surface area contributed by atoms with Gasteiger partial charge in [-0.3, -0.25) is 4.40 Å². The Labute approximate surface area is 110 Å². The molecule has 0 spiro atoms. The molecular weight excluding hydrogens is 238 g/mol. The molecule has 0 radical (unpaired) electrons. The van der Waals surface area contributed by atoms with Crippen molar-refractivity contribution in [1.29, 1.82) is 0 Å². The normalized spacial score (nSPS) is 10.9. The predicted octanol–water partition coefficient (Wildman–Crippen LogP) is 2.13. The summed E-state index contributed by atoms with van der Waals surface area (Å²) in [6, 6.07) is 15.9. The molecule has 0 N–H and O–H groups in total. The van der Waals surface area contributed by atoms with Crippen LogP contribution >= 0.6 is 0 Å². The lowest BCUT2D eigenvalue weighted by Gasteiger charge is -2.00. The van der Waals surface area contributed by atoms with Crippen LogP contribution in [0, 0.1) is 0 Å². The monoisotopic (exact) mass is 253 g/mol. The molecule has 0 aliphatic rings. The second-order valence-electron chi connectivity index (χ2n) is 4.52. The molecule has 2 aromatic heterocycles. The van der Waals surface area contributed by atoms with Crippen LogP contribution in [0.5, 0.6) is 0 Å². The number of aryl methyl sites for hydroxylation is 2. The first-order valence-corrected chi connectivity index (χ1v) is 6.43. The fourth-order valence-corrected chi connectivity index (χ4v) is 2.19. The standard InChI is InChI=1S/C15H15N3O/c19-15-17-11-5-4-10-14(17)16-18(15)12-6-9-13-7-2-1-3-8-13/h1-5,7-8,10-11H,6,9,12H2. The fourth-order valence-electron chi connectivity index (χ4n) is 2.19. The van der Waals surface area contributed by atoms with E-state index in [0.29, 0.717) is 12.2 Å². The van der Waals surface area contributed by atoms with E-state index in [1.807, 2.05) is 36.4 Å². The van der Waals surface area contributed by atoms with E-state index < -0.39 is 0 Å². The SMILES string of the molecule is O=c1n(CCCc2ccccc2)nc2ccccn12. The summed E-state index contributed by atoms with van der Waals surface area (Å²) in [7, 11) is 0.